The van der Waals surface area contributed by atoms with Gasteiger partial charge in [-0.3, -0.25) is 15.1 Å². The van der Waals surface area contributed by atoms with Crippen molar-refractivity contribution < 1.29 is 14.3 Å². The number of aromatic amines is 1. The minimum atomic E-state index is -0.411. The van der Waals surface area contributed by atoms with E-state index in [4.69, 9.17) is 10.3 Å². The van der Waals surface area contributed by atoms with Crippen LogP contribution < -0.4 is 21.5 Å². The number of aryl methyl sites for hydroxylation is 1. The maximum Gasteiger partial charge on any atom is 0.407 e. The number of hydrogen-bond donors (Lipinski definition) is 4. The Labute approximate surface area is 225 Å². The van der Waals surface area contributed by atoms with Crippen molar-refractivity contribution in [2.45, 2.75) is 103 Å². The van der Waals surface area contributed by atoms with Crippen LogP contribution in [0.15, 0.2) is 16.0 Å². The number of nitrogens with one attached hydrogen (secondary N) is 4. The molecule has 1 heterocycles. The lowest BCUT2D eigenvalue weighted by Crippen LogP contribution is -2.31. The molecule has 0 bridgehead atoms. The van der Waals surface area contributed by atoms with Crippen LogP contribution in [0.2, 0.25) is 0 Å². The summed E-state index contributed by atoms with van der Waals surface area (Å²) in [5.41, 5.74) is 8.43. The van der Waals surface area contributed by atoms with Crippen molar-refractivity contribution in [3.63, 3.8) is 0 Å². The van der Waals surface area contributed by atoms with Crippen molar-refractivity contribution in [1.29, 1.82) is 0 Å². The molecular formula is C26H46N8O4. The first-order chi connectivity index (χ1) is 18.5. The van der Waals surface area contributed by atoms with E-state index >= 15 is 0 Å². The predicted octanol–water partition coefficient (Wildman–Crippen LogP) is 6.09. The molecule has 0 aliphatic rings. The summed E-state index contributed by atoms with van der Waals surface area (Å²) in [6.07, 6.45) is 16.0. The summed E-state index contributed by atoms with van der Waals surface area (Å²) >= 11 is 0. The second-order valence-corrected chi connectivity index (χ2v) is 9.44. The Kier molecular flexibility index (Phi) is 19.7. The minimum absolute atomic E-state index is 0.125. The van der Waals surface area contributed by atoms with Crippen LogP contribution in [0, 0.1) is 6.92 Å². The quantitative estimate of drug-likeness (QED) is 0.0608. The Morgan fingerprint density at radius 1 is 0.895 bits per heavy atom. The molecule has 12 nitrogen and oxygen atoms in total. The van der Waals surface area contributed by atoms with Crippen LogP contribution in [-0.2, 0) is 4.74 Å². The smallest absolute Gasteiger partial charge is 0.407 e. The highest BCUT2D eigenvalue weighted by molar-refractivity contribution is 5.87. The van der Waals surface area contributed by atoms with Crippen molar-refractivity contribution >= 4 is 18.1 Å². The molecular weight excluding hydrogens is 488 g/mol. The Morgan fingerprint density at radius 2 is 1.45 bits per heavy atom. The summed E-state index contributed by atoms with van der Waals surface area (Å²) in [7, 11) is 0. The van der Waals surface area contributed by atoms with E-state index in [0.717, 1.165) is 51.4 Å². The first-order valence-corrected chi connectivity index (χ1v) is 14.1. The molecule has 1 aromatic heterocycles. The molecule has 214 valence electrons. The zero-order valence-electron chi connectivity index (χ0n) is 22.9. The largest absolute Gasteiger partial charge is 0.450 e. The molecule has 0 fully saturated rings. The van der Waals surface area contributed by atoms with E-state index in [1.165, 1.54) is 51.0 Å². The number of azide groups is 1. The normalized spacial score (nSPS) is 10.4. The average Bonchev–Trinajstić information content (AvgIpc) is 2.87. The van der Waals surface area contributed by atoms with E-state index in [0.29, 0.717) is 31.9 Å². The number of aromatic nitrogens is 2. The average molecular weight is 535 g/mol. The third kappa shape index (κ3) is 19.9. The topological polar surface area (TPSA) is 174 Å². The Morgan fingerprint density at radius 3 is 2.05 bits per heavy atom. The molecule has 0 aliphatic heterocycles. The lowest BCUT2D eigenvalue weighted by molar-refractivity contribution is 0.143. The third-order valence-electron chi connectivity index (χ3n) is 5.96. The van der Waals surface area contributed by atoms with Gasteiger partial charge in [0.15, 0.2) is 0 Å². The fourth-order valence-corrected chi connectivity index (χ4v) is 3.92. The maximum absolute atomic E-state index is 11.8. The van der Waals surface area contributed by atoms with Gasteiger partial charge in [0, 0.05) is 36.3 Å². The lowest BCUT2D eigenvalue weighted by atomic mass is 10.1. The van der Waals surface area contributed by atoms with E-state index in [9.17, 15) is 14.4 Å². The number of alkyl carbamates (subject to hydrolysis) is 1. The Hall–Kier alpha value is -3.27. The Balaban J connectivity index is 1.82. The van der Waals surface area contributed by atoms with Gasteiger partial charge in [0.25, 0.3) is 5.56 Å². The number of unbranched alkanes of at least 4 members (excludes halogenated alkanes) is 13. The highest BCUT2D eigenvalue weighted by Crippen LogP contribution is 2.11. The van der Waals surface area contributed by atoms with Crippen molar-refractivity contribution in [3.05, 3.63) is 32.6 Å². The van der Waals surface area contributed by atoms with Gasteiger partial charge in [-0.15, -0.1) is 0 Å². The number of amides is 3. The molecule has 0 aliphatic carbocycles. The maximum atomic E-state index is 11.8. The van der Waals surface area contributed by atoms with Gasteiger partial charge in [-0.2, -0.15) is 0 Å². The molecule has 38 heavy (non-hydrogen) atoms. The molecule has 1 rings (SSSR count). The minimum Gasteiger partial charge on any atom is -0.450 e. The van der Waals surface area contributed by atoms with Gasteiger partial charge < -0.3 is 15.4 Å². The van der Waals surface area contributed by atoms with E-state index < -0.39 is 6.03 Å². The second kappa shape index (κ2) is 22.9. The van der Waals surface area contributed by atoms with E-state index in [2.05, 4.69) is 35.9 Å². The summed E-state index contributed by atoms with van der Waals surface area (Å²) in [6, 6.07) is 0.942. The van der Waals surface area contributed by atoms with Gasteiger partial charge in [-0.25, -0.2) is 14.6 Å². The second-order valence-electron chi connectivity index (χ2n) is 9.44. The summed E-state index contributed by atoms with van der Waals surface area (Å²) in [5, 5.41) is 11.6. The van der Waals surface area contributed by atoms with E-state index in [1.807, 2.05) is 0 Å². The van der Waals surface area contributed by atoms with Gasteiger partial charge >= 0.3 is 12.1 Å². The lowest BCUT2D eigenvalue weighted by Gasteiger charge is -2.08. The van der Waals surface area contributed by atoms with Crippen LogP contribution in [0.4, 0.5) is 15.5 Å². The molecule has 0 radical (unpaired) electrons. The number of urea groups is 1. The molecule has 1 aromatic rings. The molecule has 0 spiro atoms. The first-order valence-electron chi connectivity index (χ1n) is 14.1. The fraction of sp³-hybridized carbons (Fsp3) is 0.769. The van der Waals surface area contributed by atoms with Crippen molar-refractivity contribution in [2.24, 2.45) is 5.11 Å². The van der Waals surface area contributed by atoms with Gasteiger partial charge in [-0.1, -0.05) is 75.7 Å². The number of carbonyl (C=O) groups excluding carboxylic acids is 2. The number of hydrogen-bond acceptors (Lipinski definition) is 6. The fourth-order valence-electron chi connectivity index (χ4n) is 3.92. The predicted molar refractivity (Wildman–Crippen MR) is 149 cm³/mol. The van der Waals surface area contributed by atoms with Crippen LogP contribution in [0.1, 0.15) is 102 Å². The highest BCUT2D eigenvalue weighted by Gasteiger charge is 2.04. The molecule has 0 aromatic carbocycles. The van der Waals surface area contributed by atoms with Crippen LogP contribution in [0.25, 0.3) is 10.4 Å². The van der Waals surface area contributed by atoms with Crippen LogP contribution in [-0.4, -0.2) is 48.3 Å². The van der Waals surface area contributed by atoms with Gasteiger partial charge in [0.1, 0.15) is 0 Å². The Bertz CT molecular complexity index is 886. The molecule has 0 atom stereocenters. The van der Waals surface area contributed by atoms with E-state index in [-0.39, 0.29) is 17.6 Å². The summed E-state index contributed by atoms with van der Waals surface area (Å²) < 4.78 is 5.23. The zero-order chi connectivity index (χ0) is 27.7. The zero-order valence-corrected chi connectivity index (χ0v) is 22.9. The summed E-state index contributed by atoms with van der Waals surface area (Å²) in [4.78, 5) is 44.2. The standard InChI is InChI=1S/C26H46N8O4/c1-22-21-23(35)32-24(31-22)33-25(36)28-17-13-10-11-14-18-29-26(37)38-20-16-12-8-6-4-2-3-5-7-9-15-19-30-34-27/h21H,2-20H2,1H3,(H,29,37)(H3,28,31,32,33,35,36). The van der Waals surface area contributed by atoms with Gasteiger partial charge in [0.2, 0.25) is 5.95 Å². The SMILES string of the molecule is Cc1cc(=O)[nH]c(NC(=O)NCCCCCCNC(=O)OCCCCCCCCCCCCCN=[N+]=[N-])n1. The van der Waals surface area contributed by atoms with Crippen LogP contribution in [0.3, 0.4) is 0 Å². The van der Waals surface area contributed by atoms with Gasteiger partial charge in [0.05, 0.1) is 6.61 Å². The van der Waals surface area contributed by atoms with Crippen molar-refractivity contribution in [2.75, 3.05) is 31.6 Å². The number of carbonyl (C=O) groups is 2. The van der Waals surface area contributed by atoms with E-state index in [1.54, 1.807) is 6.92 Å². The monoisotopic (exact) mass is 534 g/mol. The van der Waals surface area contributed by atoms with Crippen molar-refractivity contribution in [3.8, 4) is 0 Å². The first kappa shape index (κ1) is 32.8. The molecule has 0 saturated carbocycles. The third-order valence-corrected chi connectivity index (χ3v) is 5.96. The summed E-state index contributed by atoms with van der Waals surface area (Å²) in [6.45, 7) is 3.85. The number of nitrogens with zero attached hydrogens (tertiary/aromatic N) is 4. The van der Waals surface area contributed by atoms with Crippen LogP contribution >= 0.6 is 0 Å². The molecule has 3 amide bonds. The highest BCUT2D eigenvalue weighted by atomic mass is 16.5. The molecule has 4 N–H and O–H groups in total. The number of ether oxygens (including phenoxy) is 1. The summed E-state index contributed by atoms with van der Waals surface area (Å²) in [5.74, 6) is 0.125. The molecule has 0 unspecified atom stereocenters. The van der Waals surface area contributed by atoms with Crippen LogP contribution in [0.5, 0.6) is 0 Å². The molecule has 0 saturated heterocycles. The van der Waals surface area contributed by atoms with Gasteiger partial charge in [-0.05, 0) is 38.1 Å². The molecule has 12 heteroatoms. The van der Waals surface area contributed by atoms with Crippen molar-refractivity contribution in [1.82, 2.24) is 20.6 Å². The number of rotatable bonds is 22. The number of anilines is 1. The number of H-pyrrole nitrogens is 1.